The highest BCUT2D eigenvalue weighted by Crippen LogP contribution is 1.99. The number of nitrogens with zero attached hydrogens (tertiary/aromatic N) is 1. The molecular formula is C11H11NO2. The van der Waals surface area contributed by atoms with E-state index >= 15 is 0 Å². The first kappa shape index (κ1) is 12.0. The van der Waals surface area contributed by atoms with Gasteiger partial charge in [0.1, 0.15) is 12.6 Å². The molecule has 1 aromatic rings. The van der Waals surface area contributed by atoms with Crippen LogP contribution in [-0.2, 0) is 4.79 Å². The van der Waals surface area contributed by atoms with Crippen molar-refractivity contribution in [2.24, 2.45) is 0 Å². The van der Waals surface area contributed by atoms with E-state index in [1.807, 2.05) is 13.0 Å². The molecular weight excluding hydrogens is 178 g/mol. The highest BCUT2D eigenvalue weighted by atomic mass is 16.1. The fraction of sp³-hybridized carbons (Fsp3) is 0.182. The van der Waals surface area contributed by atoms with Gasteiger partial charge in [0, 0.05) is 12.0 Å². The average Bonchev–Trinajstić information content (AvgIpc) is 2.29. The largest absolute Gasteiger partial charge is 0.303 e. The van der Waals surface area contributed by atoms with E-state index in [1.54, 1.807) is 24.3 Å². The van der Waals surface area contributed by atoms with Gasteiger partial charge in [-0.25, -0.2) is 0 Å². The van der Waals surface area contributed by atoms with E-state index in [-0.39, 0.29) is 0 Å². The molecule has 0 aliphatic heterocycles. The van der Waals surface area contributed by atoms with Crippen LogP contribution < -0.4 is 0 Å². The van der Waals surface area contributed by atoms with Gasteiger partial charge in [0.2, 0.25) is 0 Å². The summed E-state index contributed by atoms with van der Waals surface area (Å²) in [6.07, 6.45) is 2.27. The molecule has 0 saturated carbocycles. The Hall–Kier alpha value is -1.95. The average molecular weight is 189 g/mol. The van der Waals surface area contributed by atoms with Gasteiger partial charge >= 0.3 is 0 Å². The van der Waals surface area contributed by atoms with Crippen molar-refractivity contribution in [2.45, 2.75) is 13.3 Å². The lowest BCUT2D eigenvalue weighted by Gasteiger charge is -1.87. The Labute approximate surface area is 83.0 Å². The number of carbonyl (C=O) groups excluding carboxylic acids is 2. The van der Waals surface area contributed by atoms with Crippen molar-refractivity contribution < 1.29 is 9.59 Å². The summed E-state index contributed by atoms with van der Waals surface area (Å²) < 4.78 is 0. The predicted molar refractivity (Wildman–Crippen MR) is 52.9 cm³/mol. The van der Waals surface area contributed by atoms with Gasteiger partial charge in [-0.3, -0.25) is 4.79 Å². The van der Waals surface area contributed by atoms with Crippen molar-refractivity contribution in [1.29, 1.82) is 5.26 Å². The standard InChI is InChI=1S/C8H5NO.C3H6O/c9-5-7-1-3-8(6-10)4-2-7;1-2-3-4/h1-4,6H;3H,2H2,1H3. The van der Waals surface area contributed by atoms with Crippen LogP contribution in [0.3, 0.4) is 0 Å². The van der Waals surface area contributed by atoms with Crippen LogP contribution >= 0.6 is 0 Å². The molecule has 0 N–H and O–H groups in total. The summed E-state index contributed by atoms with van der Waals surface area (Å²) in [6.45, 7) is 1.81. The zero-order chi connectivity index (χ0) is 10.8. The molecule has 0 spiro atoms. The van der Waals surface area contributed by atoms with Crippen LogP contribution in [0.25, 0.3) is 0 Å². The quantitative estimate of drug-likeness (QED) is 0.668. The van der Waals surface area contributed by atoms with Crippen LogP contribution in [0.5, 0.6) is 0 Å². The van der Waals surface area contributed by atoms with Gasteiger partial charge in [-0.05, 0) is 12.1 Å². The lowest BCUT2D eigenvalue weighted by Crippen LogP contribution is -1.78. The van der Waals surface area contributed by atoms with Crippen LogP contribution in [0.15, 0.2) is 24.3 Å². The van der Waals surface area contributed by atoms with Crippen molar-refractivity contribution in [1.82, 2.24) is 0 Å². The van der Waals surface area contributed by atoms with Crippen LogP contribution in [-0.4, -0.2) is 12.6 Å². The molecule has 0 fully saturated rings. The van der Waals surface area contributed by atoms with Crippen molar-refractivity contribution >= 4 is 12.6 Å². The summed E-state index contributed by atoms with van der Waals surface area (Å²) in [6, 6.07) is 8.43. The Kier molecular flexibility index (Phi) is 6.62. The number of hydrogen-bond donors (Lipinski definition) is 0. The molecule has 0 saturated heterocycles. The molecule has 0 unspecified atom stereocenters. The molecule has 0 bridgehead atoms. The van der Waals surface area contributed by atoms with Gasteiger partial charge in [0.15, 0.2) is 0 Å². The number of rotatable bonds is 2. The lowest BCUT2D eigenvalue weighted by molar-refractivity contribution is -0.107. The maximum absolute atomic E-state index is 10.1. The summed E-state index contributed by atoms with van der Waals surface area (Å²) in [5.41, 5.74) is 1.17. The first-order valence-corrected chi connectivity index (χ1v) is 4.17. The maximum atomic E-state index is 10.1. The normalized spacial score (nSPS) is 7.71. The third-order valence-corrected chi connectivity index (χ3v) is 1.34. The topological polar surface area (TPSA) is 57.9 Å². The Morgan fingerprint density at radius 1 is 1.29 bits per heavy atom. The monoisotopic (exact) mass is 189 g/mol. The first-order chi connectivity index (χ1) is 6.78. The minimum absolute atomic E-state index is 0.575. The van der Waals surface area contributed by atoms with E-state index in [2.05, 4.69) is 0 Å². The molecule has 0 aromatic heterocycles. The third kappa shape index (κ3) is 4.83. The number of hydrogen-bond acceptors (Lipinski definition) is 3. The Balaban J connectivity index is 0.000000364. The third-order valence-electron chi connectivity index (χ3n) is 1.34. The van der Waals surface area contributed by atoms with Gasteiger partial charge in [0.25, 0.3) is 0 Å². The molecule has 0 aliphatic rings. The molecule has 14 heavy (non-hydrogen) atoms. The van der Waals surface area contributed by atoms with Crippen molar-refractivity contribution in [3.63, 3.8) is 0 Å². The van der Waals surface area contributed by atoms with Crippen molar-refractivity contribution in [3.05, 3.63) is 35.4 Å². The molecule has 0 amide bonds. The molecule has 1 rings (SSSR count). The first-order valence-electron chi connectivity index (χ1n) is 4.17. The Morgan fingerprint density at radius 3 is 2.07 bits per heavy atom. The fourth-order valence-corrected chi connectivity index (χ4v) is 0.636. The van der Waals surface area contributed by atoms with Crippen LogP contribution in [0.4, 0.5) is 0 Å². The SMILES string of the molecule is CCC=O.N#Cc1ccc(C=O)cc1. The second kappa shape index (κ2) is 7.69. The highest BCUT2D eigenvalue weighted by molar-refractivity contribution is 5.74. The van der Waals surface area contributed by atoms with Gasteiger partial charge in [0.05, 0.1) is 11.6 Å². The Bertz CT molecular complexity index is 322. The van der Waals surface area contributed by atoms with Gasteiger partial charge < -0.3 is 4.79 Å². The van der Waals surface area contributed by atoms with E-state index in [1.165, 1.54) is 0 Å². The maximum Gasteiger partial charge on any atom is 0.150 e. The molecule has 0 aliphatic carbocycles. The predicted octanol–water partition coefficient (Wildman–Crippen LogP) is 1.97. The number of carbonyl (C=O) groups is 2. The summed E-state index contributed by atoms with van der Waals surface area (Å²) in [5, 5.41) is 8.36. The van der Waals surface area contributed by atoms with E-state index in [9.17, 15) is 9.59 Å². The van der Waals surface area contributed by atoms with Crippen molar-refractivity contribution in [2.75, 3.05) is 0 Å². The zero-order valence-electron chi connectivity index (χ0n) is 7.93. The van der Waals surface area contributed by atoms with Gasteiger partial charge in [-0.2, -0.15) is 5.26 Å². The molecule has 72 valence electrons. The summed E-state index contributed by atoms with van der Waals surface area (Å²) in [4.78, 5) is 19.3. The van der Waals surface area contributed by atoms with E-state index < -0.39 is 0 Å². The molecule has 1 aromatic carbocycles. The molecule has 0 heterocycles. The van der Waals surface area contributed by atoms with Gasteiger partial charge in [-0.15, -0.1) is 0 Å². The molecule has 0 atom stereocenters. The summed E-state index contributed by atoms with van der Waals surface area (Å²) >= 11 is 0. The minimum atomic E-state index is 0.575. The lowest BCUT2D eigenvalue weighted by atomic mass is 10.2. The highest BCUT2D eigenvalue weighted by Gasteiger charge is 1.88. The Morgan fingerprint density at radius 2 is 1.79 bits per heavy atom. The van der Waals surface area contributed by atoms with Crippen LogP contribution in [0, 0.1) is 11.3 Å². The summed E-state index contributed by atoms with van der Waals surface area (Å²) in [5.74, 6) is 0. The minimum Gasteiger partial charge on any atom is -0.303 e. The number of nitriles is 1. The number of benzene rings is 1. The van der Waals surface area contributed by atoms with E-state index in [4.69, 9.17) is 5.26 Å². The smallest absolute Gasteiger partial charge is 0.150 e. The summed E-state index contributed by atoms with van der Waals surface area (Å²) in [7, 11) is 0. The molecule has 3 nitrogen and oxygen atoms in total. The van der Waals surface area contributed by atoms with Crippen LogP contribution in [0.1, 0.15) is 29.3 Å². The fourth-order valence-electron chi connectivity index (χ4n) is 0.636. The second-order valence-electron chi connectivity index (χ2n) is 2.43. The zero-order valence-corrected chi connectivity index (χ0v) is 7.93. The van der Waals surface area contributed by atoms with E-state index in [0.717, 1.165) is 12.6 Å². The van der Waals surface area contributed by atoms with Crippen molar-refractivity contribution in [3.8, 4) is 6.07 Å². The van der Waals surface area contributed by atoms with Gasteiger partial charge in [-0.1, -0.05) is 19.1 Å². The molecule has 0 radical (unpaired) electrons. The second-order valence-corrected chi connectivity index (χ2v) is 2.43. The van der Waals surface area contributed by atoms with E-state index in [0.29, 0.717) is 17.5 Å². The molecule has 3 heteroatoms. The number of aldehydes is 2. The van der Waals surface area contributed by atoms with Crippen LogP contribution in [0.2, 0.25) is 0 Å².